The first kappa shape index (κ1) is 29.3. The van der Waals surface area contributed by atoms with E-state index in [2.05, 4.69) is 19.2 Å². The highest BCUT2D eigenvalue weighted by molar-refractivity contribution is 6.07. The summed E-state index contributed by atoms with van der Waals surface area (Å²) in [4.78, 5) is 45.7. The molecule has 3 N–H and O–H groups in total. The van der Waals surface area contributed by atoms with Gasteiger partial charge in [0.2, 0.25) is 0 Å². The Morgan fingerprint density at radius 1 is 1.07 bits per heavy atom. The first-order chi connectivity index (χ1) is 19.2. The van der Waals surface area contributed by atoms with Gasteiger partial charge in [-0.3, -0.25) is 14.5 Å². The van der Waals surface area contributed by atoms with E-state index in [1.807, 2.05) is 60.7 Å². The second kappa shape index (κ2) is 13.1. The quantitative estimate of drug-likeness (QED) is 0.325. The predicted molar refractivity (Wildman–Crippen MR) is 156 cm³/mol. The Balaban J connectivity index is 1.41. The third-order valence-electron chi connectivity index (χ3n) is 7.90. The Labute approximate surface area is 237 Å². The highest BCUT2D eigenvalue weighted by atomic mass is 16.5. The molecule has 2 aromatic rings. The molecule has 0 saturated heterocycles. The molecule has 3 atom stereocenters. The molecule has 1 saturated carbocycles. The summed E-state index contributed by atoms with van der Waals surface area (Å²) in [7, 11) is 1.29. The molecule has 1 aliphatic heterocycles. The summed E-state index contributed by atoms with van der Waals surface area (Å²) >= 11 is 0. The van der Waals surface area contributed by atoms with Crippen LogP contribution in [0.25, 0.3) is 0 Å². The van der Waals surface area contributed by atoms with Gasteiger partial charge in [0.25, 0.3) is 5.91 Å². The predicted octanol–water partition coefficient (Wildman–Crippen LogP) is 4.96. The molecule has 214 valence electrons. The van der Waals surface area contributed by atoms with Crippen LogP contribution in [-0.2, 0) is 26.3 Å². The number of aliphatic imine (C=N–C) groups is 1. The van der Waals surface area contributed by atoms with Crippen molar-refractivity contribution in [3.8, 4) is 0 Å². The zero-order valence-electron chi connectivity index (χ0n) is 23.8. The Morgan fingerprint density at radius 3 is 2.33 bits per heavy atom. The number of guanidine groups is 1. The van der Waals surface area contributed by atoms with E-state index in [0.717, 1.165) is 36.8 Å². The maximum atomic E-state index is 14.1. The maximum absolute atomic E-state index is 14.1. The molecule has 4 rings (SSSR count). The summed E-state index contributed by atoms with van der Waals surface area (Å²) in [5.74, 6) is 0.880. The van der Waals surface area contributed by atoms with Gasteiger partial charge in [-0.05, 0) is 61.5 Å². The molecule has 0 spiro atoms. The number of nitrogens with one attached hydrogen (secondary N) is 1. The Morgan fingerprint density at radius 2 is 1.73 bits per heavy atom. The van der Waals surface area contributed by atoms with E-state index in [9.17, 15) is 14.4 Å². The fourth-order valence-electron chi connectivity index (χ4n) is 5.84. The van der Waals surface area contributed by atoms with E-state index in [1.165, 1.54) is 7.11 Å². The fraction of sp³-hybridized carbons (Fsp3) is 0.500. The van der Waals surface area contributed by atoms with Crippen molar-refractivity contribution in [1.82, 2.24) is 10.2 Å². The molecule has 0 radical (unpaired) electrons. The highest BCUT2D eigenvalue weighted by Gasteiger charge is 2.53. The number of methoxy groups -OCH3 is 1. The molecular formula is C32H42N4O4. The number of ketones is 1. The third-order valence-corrected chi connectivity index (χ3v) is 7.90. The molecule has 1 aliphatic carbocycles. The van der Waals surface area contributed by atoms with E-state index in [-0.39, 0.29) is 23.7 Å². The topological polar surface area (TPSA) is 114 Å². The molecule has 40 heavy (non-hydrogen) atoms. The van der Waals surface area contributed by atoms with Gasteiger partial charge in [0.05, 0.1) is 13.2 Å². The van der Waals surface area contributed by atoms with E-state index in [4.69, 9.17) is 15.5 Å². The van der Waals surface area contributed by atoms with Gasteiger partial charge in [0.1, 0.15) is 0 Å². The van der Waals surface area contributed by atoms with Crippen molar-refractivity contribution in [2.75, 3.05) is 7.11 Å². The van der Waals surface area contributed by atoms with E-state index < -0.39 is 17.7 Å². The zero-order chi connectivity index (χ0) is 28.7. The fourth-order valence-corrected chi connectivity index (χ4v) is 5.84. The molecular weight excluding hydrogens is 504 g/mol. The number of carbonyl (C=O) groups excluding carboxylic acids is 3. The number of Topliss-reactive ketones (excluding diaryl/α,β-unsaturated/α-hetero) is 1. The number of alkyl carbamates (subject to hydrolysis) is 1. The molecule has 1 heterocycles. The number of nitrogens with two attached hydrogens (primary N) is 1. The average Bonchev–Trinajstić information content (AvgIpc) is 3.76. The van der Waals surface area contributed by atoms with Crippen LogP contribution < -0.4 is 11.1 Å². The van der Waals surface area contributed by atoms with Crippen LogP contribution in [0.4, 0.5) is 4.79 Å². The van der Waals surface area contributed by atoms with E-state index in [1.54, 1.807) is 4.90 Å². The smallest absolute Gasteiger partial charge is 0.407 e. The normalized spacial score (nSPS) is 20.2. The lowest BCUT2D eigenvalue weighted by molar-refractivity contribution is -0.134. The van der Waals surface area contributed by atoms with Gasteiger partial charge in [-0.2, -0.15) is 0 Å². The maximum Gasteiger partial charge on any atom is 0.407 e. The Kier molecular flexibility index (Phi) is 9.61. The number of unbranched alkanes of at least 4 members (excludes halogenated alkanes) is 1. The zero-order valence-corrected chi connectivity index (χ0v) is 23.8. The second-order valence-electron chi connectivity index (χ2n) is 11.5. The number of amides is 2. The van der Waals surface area contributed by atoms with Crippen LogP contribution in [0, 0.1) is 11.8 Å². The second-order valence-corrected chi connectivity index (χ2v) is 11.5. The van der Waals surface area contributed by atoms with Gasteiger partial charge in [0.15, 0.2) is 17.3 Å². The lowest BCUT2D eigenvalue weighted by Gasteiger charge is -2.32. The van der Waals surface area contributed by atoms with Gasteiger partial charge >= 0.3 is 6.09 Å². The Hall–Kier alpha value is -3.68. The molecule has 0 bridgehead atoms. The standard InChI is InChI=1S/C32H42N4O4/c1-22(2)21-32(25-14-8-5-9-15-25)29(38)36(30(33)35-32)27(24-18-19-24)16-10-11-17-28(37)26(34-31(39)40-3)20-23-12-6-4-7-13-23/h4-9,12-15,22,24,26-27H,10-11,16-21H2,1-3H3,(H2,33,35)(H,34,39)/t26-,27+,32+/m0/s1. The van der Waals surface area contributed by atoms with Gasteiger partial charge in [-0.15, -0.1) is 0 Å². The minimum Gasteiger partial charge on any atom is -0.453 e. The number of ether oxygens (including phenoxy) is 1. The molecule has 1 fully saturated rings. The van der Waals surface area contributed by atoms with Crippen molar-refractivity contribution >= 4 is 23.7 Å². The van der Waals surface area contributed by atoms with Gasteiger partial charge in [-0.1, -0.05) is 80.9 Å². The van der Waals surface area contributed by atoms with E-state index in [0.29, 0.717) is 37.6 Å². The molecule has 8 heteroatoms. The van der Waals surface area contributed by atoms with Crippen LogP contribution in [0.3, 0.4) is 0 Å². The number of hydrogen-bond acceptors (Lipinski definition) is 6. The first-order valence-corrected chi connectivity index (χ1v) is 14.4. The third kappa shape index (κ3) is 6.90. The minimum atomic E-state index is -0.993. The lowest BCUT2D eigenvalue weighted by atomic mass is 9.82. The molecule has 2 amide bonds. The largest absolute Gasteiger partial charge is 0.453 e. The number of nitrogens with zero attached hydrogens (tertiary/aromatic N) is 2. The van der Waals surface area contributed by atoms with Crippen LogP contribution in [-0.4, -0.2) is 47.8 Å². The van der Waals surface area contributed by atoms with Crippen molar-refractivity contribution in [2.45, 2.75) is 82.8 Å². The van der Waals surface area contributed by atoms with Gasteiger partial charge in [0, 0.05) is 12.5 Å². The summed E-state index contributed by atoms with van der Waals surface area (Å²) in [6.07, 6.45) is 5.01. The van der Waals surface area contributed by atoms with Crippen LogP contribution in [0.15, 0.2) is 65.7 Å². The summed E-state index contributed by atoms with van der Waals surface area (Å²) in [6, 6.07) is 18.7. The van der Waals surface area contributed by atoms with Crippen molar-refractivity contribution in [3.05, 3.63) is 71.8 Å². The average molecular weight is 547 g/mol. The number of carbonyl (C=O) groups is 3. The summed E-state index contributed by atoms with van der Waals surface area (Å²) in [5, 5.41) is 2.69. The Bertz CT molecular complexity index is 1200. The highest BCUT2D eigenvalue weighted by Crippen LogP contribution is 2.44. The summed E-state index contributed by atoms with van der Waals surface area (Å²) in [5.41, 5.74) is 7.35. The van der Waals surface area contributed by atoms with Crippen LogP contribution in [0.5, 0.6) is 0 Å². The van der Waals surface area contributed by atoms with Crippen molar-refractivity contribution in [3.63, 3.8) is 0 Å². The van der Waals surface area contributed by atoms with Crippen LogP contribution in [0.1, 0.15) is 69.9 Å². The minimum absolute atomic E-state index is 0.0302. The molecule has 0 unspecified atom stereocenters. The van der Waals surface area contributed by atoms with Crippen molar-refractivity contribution in [1.29, 1.82) is 0 Å². The molecule has 2 aliphatic rings. The van der Waals surface area contributed by atoms with Crippen LogP contribution >= 0.6 is 0 Å². The monoisotopic (exact) mass is 546 g/mol. The SMILES string of the molecule is COC(=O)N[C@@H](Cc1ccccc1)C(=O)CCCC[C@H](C1CC1)N1C(=O)[C@@](CC(C)C)(c2ccccc2)N=C1N. The molecule has 8 nitrogen and oxygen atoms in total. The summed E-state index contributed by atoms with van der Waals surface area (Å²) in [6.45, 7) is 4.20. The lowest BCUT2D eigenvalue weighted by Crippen LogP contribution is -2.50. The number of hydrogen-bond donors (Lipinski definition) is 2. The molecule has 0 aromatic heterocycles. The summed E-state index contributed by atoms with van der Waals surface area (Å²) < 4.78 is 4.75. The number of rotatable bonds is 14. The number of benzene rings is 2. The van der Waals surface area contributed by atoms with Gasteiger partial charge in [-0.25, -0.2) is 9.79 Å². The van der Waals surface area contributed by atoms with E-state index >= 15 is 0 Å². The first-order valence-electron chi connectivity index (χ1n) is 14.4. The molecule has 2 aromatic carbocycles. The van der Waals surface area contributed by atoms with Crippen LogP contribution in [0.2, 0.25) is 0 Å². The van der Waals surface area contributed by atoms with Crippen molar-refractivity contribution in [2.24, 2.45) is 22.6 Å². The van der Waals surface area contributed by atoms with Crippen molar-refractivity contribution < 1.29 is 19.1 Å². The van der Waals surface area contributed by atoms with Gasteiger partial charge < -0.3 is 15.8 Å².